The number of ketones is 1. The standard InChI is InChI=1S/C21H23ClFN3O2/c1-20(2)19(24)26-21(3,8-9-28-20)15-10-13(4-6-16(15)23)11-18(27)17-7-5-14(22)12-25-17/h4-7,10,12H,8-9,11H2,1-3H3,(H2,24,26)/t21-/m0/s1. The second kappa shape index (κ2) is 7.60. The van der Waals surface area contributed by atoms with Gasteiger partial charge >= 0.3 is 0 Å². The van der Waals surface area contributed by atoms with Crippen LogP contribution in [0.15, 0.2) is 41.5 Å². The largest absolute Gasteiger partial charge is 0.385 e. The summed E-state index contributed by atoms with van der Waals surface area (Å²) in [7, 11) is 0. The number of rotatable bonds is 4. The number of benzene rings is 1. The molecule has 1 atom stereocenters. The Morgan fingerprint density at radius 2 is 2.04 bits per heavy atom. The molecular formula is C21H23ClFN3O2. The molecule has 148 valence electrons. The van der Waals surface area contributed by atoms with E-state index in [2.05, 4.69) is 9.98 Å². The maximum atomic E-state index is 14.7. The van der Waals surface area contributed by atoms with E-state index in [-0.39, 0.29) is 18.0 Å². The minimum absolute atomic E-state index is 0.0964. The number of carbonyl (C=O) groups is 1. The third-order valence-corrected chi connectivity index (χ3v) is 5.25. The molecule has 28 heavy (non-hydrogen) atoms. The van der Waals surface area contributed by atoms with Gasteiger partial charge in [0.15, 0.2) is 5.78 Å². The normalized spacial score (nSPS) is 21.7. The highest BCUT2D eigenvalue weighted by Crippen LogP contribution is 2.35. The van der Waals surface area contributed by atoms with Crippen LogP contribution in [0.25, 0.3) is 0 Å². The summed E-state index contributed by atoms with van der Waals surface area (Å²) in [6, 6.07) is 7.83. The molecule has 0 saturated carbocycles. The van der Waals surface area contributed by atoms with Crippen molar-refractivity contribution in [2.45, 2.75) is 44.8 Å². The Labute approximate surface area is 168 Å². The average molecular weight is 404 g/mol. The fourth-order valence-corrected chi connectivity index (χ4v) is 3.25. The van der Waals surface area contributed by atoms with E-state index in [9.17, 15) is 9.18 Å². The molecule has 1 aromatic heterocycles. The Kier molecular flexibility index (Phi) is 5.55. The van der Waals surface area contributed by atoms with Crippen LogP contribution in [0.4, 0.5) is 4.39 Å². The highest BCUT2D eigenvalue weighted by molar-refractivity contribution is 6.30. The fourth-order valence-electron chi connectivity index (χ4n) is 3.14. The number of aromatic nitrogens is 1. The number of nitrogens with zero attached hydrogens (tertiary/aromatic N) is 2. The first-order chi connectivity index (χ1) is 13.1. The minimum atomic E-state index is -0.875. The molecule has 0 amide bonds. The van der Waals surface area contributed by atoms with Gasteiger partial charge in [-0.25, -0.2) is 4.39 Å². The molecule has 2 heterocycles. The Morgan fingerprint density at radius 3 is 2.71 bits per heavy atom. The topological polar surface area (TPSA) is 77.6 Å². The van der Waals surface area contributed by atoms with Gasteiger partial charge < -0.3 is 10.5 Å². The van der Waals surface area contributed by atoms with E-state index in [1.165, 1.54) is 12.3 Å². The van der Waals surface area contributed by atoms with Crippen LogP contribution in [-0.4, -0.2) is 28.8 Å². The Morgan fingerprint density at radius 1 is 1.29 bits per heavy atom. The number of hydrogen-bond acceptors (Lipinski definition) is 5. The zero-order valence-electron chi connectivity index (χ0n) is 16.1. The highest BCUT2D eigenvalue weighted by Gasteiger charge is 2.36. The lowest BCUT2D eigenvalue weighted by Gasteiger charge is -2.26. The predicted octanol–water partition coefficient (Wildman–Crippen LogP) is 4.07. The number of amidine groups is 1. The lowest BCUT2D eigenvalue weighted by molar-refractivity contribution is 0.0319. The number of halogens is 2. The summed E-state index contributed by atoms with van der Waals surface area (Å²) in [5.74, 6) is -0.244. The zero-order chi connectivity index (χ0) is 20.5. The van der Waals surface area contributed by atoms with Crippen molar-refractivity contribution in [3.63, 3.8) is 0 Å². The molecule has 2 aromatic rings. The molecule has 7 heteroatoms. The third kappa shape index (κ3) is 4.23. The first-order valence-electron chi connectivity index (χ1n) is 9.04. The Hall–Kier alpha value is -2.31. The van der Waals surface area contributed by atoms with Crippen LogP contribution in [0, 0.1) is 5.82 Å². The molecule has 3 rings (SSSR count). The molecular weight excluding hydrogens is 381 g/mol. The van der Waals surface area contributed by atoms with Gasteiger partial charge in [0.05, 0.1) is 17.2 Å². The fraction of sp³-hybridized carbons (Fsp3) is 0.381. The number of carbonyl (C=O) groups excluding carboxylic acids is 1. The second-order valence-corrected chi connectivity index (χ2v) is 8.09. The van der Waals surface area contributed by atoms with Crippen molar-refractivity contribution in [2.24, 2.45) is 10.7 Å². The van der Waals surface area contributed by atoms with Crippen molar-refractivity contribution in [1.82, 2.24) is 4.98 Å². The van der Waals surface area contributed by atoms with Crippen molar-refractivity contribution in [3.8, 4) is 0 Å². The van der Waals surface area contributed by atoms with E-state index in [1.807, 2.05) is 20.8 Å². The SMILES string of the molecule is CC1(C)OCC[C@@](C)(c2cc(CC(=O)c3ccc(Cl)cn3)ccc2F)N=C1N. The quantitative estimate of drug-likeness (QED) is 0.780. The molecule has 0 fully saturated rings. The summed E-state index contributed by atoms with van der Waals surface area (Å²) in [6.07, 6.45) is 2.00. The van der Waals surface area contributed by atoms with Crippen LogP contribution >= 0.6 is 11.6 Å². The van der Waals surface area contributed by atoms with E-state index in [0.29, 0.717) is 40.7 Å². The smallest absolute Gasteiger partial charge is 0.185 e. The van der Waals surface area contributed by atoms with Crippen molar-refractivity contribution in [1.29, 1.82) is 0 Å². The molecule has 0 saturated heterocycles. The Balaban J connectivity index is 1.92. The van der Waals surface area contributed by atoms with E-state index < -0.39 is 11.1 Å². The number of nitrogens with two attached hydrogens (primary N) is 1. The van der Waals surface area contributed by atoms with E-state index >= 15 is 0 Å². The predicted molar refractivity (Wildman–Crippen MR) is 107 cm³/mol. The van der Waals surface area contributed by atoms with Crippen molar-refractivity contribution < 1.29 is 13.9 Å². The van der Waals surface area contributed by atoms with Gasteiger partial charge in [0.1, 0.15) is 22.9 Å². The second-order valence-electron chi connectivity index (χ2n) is 7.66. The van der Waals surface area contributed by atoms with Gasteiger partial charge in [0.2, 0.25) is 0 Å². The van der Waals surface area contributed by atoms with Gasteiger partial charge in [-0.2, -0.15) is 0 Å². The number of ether oxygens (including phenoxy) is 1. The average Bonchev–Trinajstić information content (AvgIpc) is 2.73. The molecule has 5 nitrogen and oxygen atoms in total. The molecule has 1 aliphatic heterocycles. The summed E-state index contributed by atoms with van der Waals surface area (Å²) in [5.41, 5.74) is 5.92. The van der Waals surface area contributed by atoms with Gasteiger partial charge in [-0.1, -0.05) is 17.7 Å². The van der Waals surface area contributed by atoms with Crippen LogP contribution in [0.1, 0.15) is 48.8 Å². The van der Waals surface area contributed by atoms with Gasteiger partial charge in [0, 0.05) is 24.6 Å². The molecule has 0 bridgehead atoms. The van der Waals surface area contributed by atoms with E-state index in [0.717, 1.165) is 0 Å². The summed E-state index contributed by atoms with van der Waals surface area (Å²) in [4.78, 5) is 21.1. The van der Waals surface area contributed by atoms with Crippen LogP contribution in [0.2, 0.25) is 5.02 Å². The van der Waals surface area contributed by atoms with Gasteiger partial charge in [-0.05, 0) is 50.6 Å². The van der Waals surface area contributed by atoms with E-state index in [4.69, 9.17) is 22.1 Å². The molecule has 0 spiro atoms. The van der Waals surface area contributed by atoms with Crippen LogP contribution < -0.4 is 5.73 Å². The molecule has 1 aromatic carbocycles. The Bertz CT molecular complexity index is 928. The summed E-state index contributed by atoms with van der Waals surface area (Å²) in [5, 5.41) is 0.461. The first kappa shape index (κ1) is 20.4. The van der Waals surface area contributed by atoms with Crippen LogP contribution in [0.5, 0.6) is 0 Å². The third-order valence-electron chi connectivity index (χ3n) is 5.02. The monoisotopic (exact) mass is 403 g/mol. The molecule has 2 N–H and O–H groups in total. The minimum Gasteiger partial charge on any atom is -0.385 e. The summed E-state index contributed by atoms with van der Waals surface area (Å²) < 4.78 is 20.5. The van der Waals surface area contributed by atoms with Crippen LogP contribution in [0.3, 0.4) is 0 Å². The number of Topliss-reactive ketones (excluding diaryl/α,β-unsaturated/α-hetero) is 1. The zero-order valence-corrected chi connectivity index (χ0v) is 16.9. The number of hydrogen-bond donors (Lipinski definition) is 1. The number of aliphatic imine (C=N–C) groups is 1. The van der Waals surface area contributed by atoms with Crippen LogP contribution in [-0.2, 0) is 16.7 Å². The maximum Gasteiger partial charge on any atom is 0.185 e. The molecule has 1 aliphatic rings. The lowest BCUT2D eigenvalue weighted by atomic mass is 9.87. The molecule has 0 aliphatic carbocycles. The first-order valence-corrected chi connectivity index (χ1v) is 9.42. The van der Waals surface area contributed by atoms with E-state index in [1.54, 1.807) is 24.3 Å². The highest BCUT2D eigenvalue weighted by atomic mass is 35.5. The lowest BCUT2D eigenvalue weighted by Crippen LogP contribution is -2.40. The van der Waals surface area contributed by atoms with Crippen molar-refractivity contribution in [2.75, 3.05) is 6.61 Å². The van der Waals surface area contributed by atoms with Crippen molar-refractivity contribution in [3.05, 3.63) is 64.2 Å². The molecule has 0 unspecified atom stereocenters. The summed E-state index contributed by atoms with van der Waals surface area (Å²) >= 11 is 5.81. The molecule has 0 radical (unpaired) electrons. The van der Waals surface area contributed by atoms with Gasteiger partial charge in [-0.15, -0.1) is 0 Å². The van der Waals surface area contributed by atoms with Crippen molar-refractivity contribution >= 4 is 23.2 Å². The number of pyridine rings is 1. The van der Waals surface area contributed by atoms with Gasteiger partial charge in [-0.3, -0.25) is 14.8 Å². The maximum absolute atomic E-state index is 14.7. The van der Waals surface area contributed by atoms with Gasteiger partial charge in [0.25, 0.3) is 0 Å². The summed E-state index contributed by atoms with van der Waals surface area (Å²) in [6.45, 7) is 5.89.